The zero-order chi connectivity index (χ0) is 15.3. The number of esters is 1. The van der Waals surface area contributed by atoms with Crippen LogP contribution in [0.5, 0.6) is 0 Å². The van der Waals surface area contributed by atoms with E-state index in [0.29, 0.717) is 6.61 Å². The van der Waals surface area contributed by atoms with Crippen LogP contribution in [0.2, 0.25) is 0 Å². The molecule has 0 aliphatic heterocycles. The molecule has 1 aromatic rings. The molecule has 1 N–H and O–H groups in total. The maximum Gasteiger partial charge on any atom is 0.331 e. The minimum Gasteiger partial charge on any atom is -0.464 e. The average molecular weight is 354 g/mol. The molecular weight excluding hydrogens is 330 g/mol. The summed E-state index contributed by atoms with van der Waals surface area (Å²) in [5.41, 5.74) is 0.381. The van der Waals surface area contributed by atoms with Crippen LogP contribution in [0, 0.1) is 5.92 Å². The first-order valence-corrected chi connectivity index (χ1v) is 8.60. The second-order valence-corrected chi connectivity index (χ2v) is 6.61. The highest BCUT2D eigenvalue weighted by molar-refractivity contribution is 9.10. The van der Waals surface area contributed by atoms with Gasteiger partial charge in [0.2, 0.25) is 0 Å². The monoisotopic (exact) mass is 353 g/mol. The molecule has 1 saturated carbocycles. The van der Waals surface area contributed by atoms with E-state index in [1.807, 2.05) is 31.2 Å². The van der Waals surface area contributed by atoms with Crippen LogP contribution >= 0.6 is 15.9 Å². The molecule has 1 fully saturated rings. The fraction of sp³-hybridized carbons (Fsp3) is 0.588. The van der Waals surface area contributed by atoms with Crippen molar-refractivity contribution in [2.24, 2.45) is 5.92 Å². The molecule has 0 radical (unpaired) electrons. The van der Waals surface area contributed by atoms with E-state index in [-0.39, 0.29) is 5.97 Å². The molecule has 1 aromatic carbocycles. The Balaban J connectivity index is 2.21. The lowest BCUT2D eigenvalue weighted by Crippen LogP contribution is -2.50. The average Bonchev–Trinajstić information content (AvgIpc) is 2.50. The number of benzene rings is 1. The minimum atomic E-state index is -0.578. The van der Waals surface area contributed by atoms with E-state index in [1.54, 1.807) is 0 Å². The van der Waals surface area contributed by atoms with Gasteiger partial charge in [0.1, 0.15) is 5.54 Å². The van der Waals surface area contributed by atoms with Gasteiger partial charge in [0.15, 0.2) is 0 Å². The Bertz CT molecular complexity index is 481. The molecule has 3 nitrogen and oxygen atoms in total. The molecule has 21 heavy (non-hydrogen) atoms. The third-order valence-electron chi connectivity index (χ3n) is 4.45. The lowest BCUT2D eigenvalue weighted by Gasteiger charge is -2.39. The van der Waals surface area contributed by atoms with E-state index >= 15 is 0 Å². The molecule has 1 aliphatic rings. The van der Waals surface area contributed by atoms with Gasteiger partial charge in [-0.05, 0) is 66.6 Å². The number of ether oxygens (including phenoxy) is 1. The third-order valence-corrected chi connectivity index (χ3v) is 5.14. The second kappa shape index (κ2) is 7.30. The number of nitrogens with one attached hydrogen (secondary N) is 1. The molecule has 0 atom stereocenters. The van der Waals surface area contributed by atoms with Crippen LogP contribution in [0.1, 0.15) is 46.0 Å². The van der Waals surface area contributed by atoms with Crippen LogP contribution in [0.3, 0.4) is 0 Å². The number of halogens is 1. The summed E-state index contributed by atoms with van der Waals surface area (Å²) >= 11 is 3.55. The van der Waals surface area contributed by atoms with E-state index in [1.165, 1.54) is 6.42 Å². The van der Waals surface area contributed by atoms with E-state index in [0.717, 1.165) is 41.8 Å². The SMILES string of the molecule is CCOC(=O)C1(Nc2ccccc2Br)CCC(CC)CC1. The predicted molar refractivity (Wildman–Crippen MR) is 89.4 cm³/mol. The smallest absolute Gasteiger partial charge is 0.331 e. The molecule has 0 heterocycles. The molecule has 0 bridgehead atoms. The highest BCUT2D eigenvalue weighted by Gasteiger charge is 2.43. The van der Waals surface area contributed by atoms with Gasteiger partial charge in [-0.3, -0.25) is 0 Å². The van der Waals surface area contributed by atoms with E-state index in [9.17, 15) is 4.79 Å². The Hall–Kier alpha value is -1.03. The number of para-hydroxylation sites is 1. The highest BCUT2D eigenvalue weighted by Crippen LogP contribution is 2.38. The van der Waals surface area contributed by atoms with Crippen molar-refractivity contribution < 1.29 is 9.53 Å². The fourth-order valence-electron chi connectivity index (χ4n) is 3.05. The molecule has 2 rings (SSSR count). The van der Waals surface area contributed by atoms with Crippen molar-refractivity contribution in [1.82, 2.24) is 0 Å². The van der Waals surface area contributed by atoms with Gasteiger partial charge in [0.25, 0.3) is 0 Å². The van der Waals surface area contributed by atoms with Gasteiger partial charge in [-0.2, -0.15) is 0 Å². The largest absolute Gasteiger partial charge is 0.464 e. The van der Waals surface area contributed by atoms with Crippen molar-refractivity contribution in [3.63, 3.8) is 0 Å². The van der Waals surface area contributed by atoms with Gasteiger partial charge >= 0.3 is 5.97 Å². The molecule has 4 heteroatoms. The van der Waals surface area contributed by atoms with Crippen molar-refractivity contribution in [3.8, 4) is 0 Å². The third kappa shape index (κ3) is 3.79. The number of hydrogen-bond donors (Lipinski definition) is 1. The van der Waals surface area contributed by atoms with Gasteiger partial charge in [-0.25, -0.2) is 4.79 Å². The minimum absolute atomic E-state index is 0.115. The maximum atomic E-state index is 12.5. The lowest BCUT2D eigenvalue weighted by atomic mass is 9.75. The molecule has 116 valence electrons. The highest BCUT2D eigenvalue weighted by atomic mass is 79.9. The molecule has 0 unspecified atom stereocenters. The zero-order valence-electron chi connectivity index (χ0n) is 12.8. The molecule has 0 aromatic heterocycles. The van der Waals surface area contributed by atoms with Gasteiger partial charge in [-0.15, -0.1) is 0 Å². The van der Waals surface area contributed by atoms with Crippen molar-refractivity contribution in [2.45, 2.75) is 51.5 Å². The fourth-order valence-corrected chi connectivity index (χ4v) is 3.43. The van der Waals surface area contributed by atoms with E-state index in [4.69, 9.17) is 4.74 Å². The molecule has 1 aliphatic carbocycles. The number of hydrogen-bond acceptors (Lipinski definition) is 3. The van der Waals surface area contributed by atoms with Crippen molar-refractivity contribution in [2.75, 3.05) is 11.9 Å². The van der Waals surface area contributed by atoms with Gasteiger partial charge in [0.05, 0.1) is 6.61 Å². The number of rotatable bonds is 5. The first kappa shape index (κ1) is 16.3. The standard InChI is InChI=1S/C17H24BrNO2/c1-3-13-9-11-17(12-10-13,16(20)21-4-2)19-15-8-6-5-7-14(15)18/h5-8,13,19H,3-4,9-12H2,1-2H3. The van der Waals surface area contributed by atoms with Gasteiger partial charge in [0, 0.05) is 10.2 Å². The van der Waals surface area contributed by atoms with E-state index in [2.05, 4.69) is 28.2 Å². The van der Waals surface area contributed by atoms with Crippen LogP contribution < -0.4 is 5.32 Å². The summed E-state index contributed by atoms with van der Waals surface area (Å²) in [5.74, 6) is 0.615. The van der Waals surface area contributed by atoms with Crippen molar-refractivity contribution >= 4 is 27.6 Å². The van der Waals surface area contributed by atoms with Crippen LogP contribution in [0.15, 0.2) is 28.7 Å². The Labute approximate surface area is 135 Å². The first-order chi connectivity index (χ1) is 10.1. The van der Waals surface area contributed by atoms with Crippen molar-refractivity contribution in [1.29, 1.82) is 0 Å². The topological polar surface area (TPSA) is 38.3 Å². The summed E-state index contributed by atoms with van der Waals surface area (Å²) in [5, 5.41) is 3.47. The Morgan fingerprint density at radius 1 is 1.33 bits per heavy atom. The number of carbonyl (C=O) groups is 1. The van der Waals surface area contributed by atoms with Crippen LogP contribution in [0.25, 0.3) is 0 Å². The van der Waals surface area contributed by atoms with Gasteiger partial charge < -0.3 is 10.1 Å². The van der Waals surface area contributed by atoms with Gasteiger partial charge in [-0.1, -0.05) is 25.5 Å². The molecule has 0 amide bonds. The summed E-state index contributed by atoms with van der Waals surface area (Å²) in [4.78, 5) is 12.5. The Kier molecular flexibility index (Phi) is 5.68. The van der Waals surface area contributed by atoms with E-state index < -0.39 is 5.54 Å². The second-order valence-electron chi connectivity index (χ2n) is 5.76. The molecule has 0 saturated heterocycles. The Morgan fingerprint density at radius 2 is 2.00 bits per heavy atom. The van der Waals surface area contributed by atoms with Crippen LogP contribution in [-0.4, -0.2) is 18.1 Å². The maximum absolute atomic E-state index is 12.5. The molecule has 0 spiro atoms. The first-order valence-electron chi connectivity index (χ1n) is 7.81. The number of carbonyl (C=O) groups excluding carboxylic acids is 1. The lowest BCUT2D eigenvalue weighted by molar-refractivity contribution is -0.150. The summed E-state index contributed by atoms with van der Waals surface area (Å²) in [6.07, 6.45) is 5.02. The zero-order valence-corrected chi connectivity index (χ0v) is 14.4. The summed E-state index contributed by atoms with van der Waals surface area (Å²) < 4.78 is 6.33. The summed E-state index contributed by atoms with van der Waals surface area (Å²) in [6.45, 7) is 4.51. The summed E-state index contributed by atoms with van der Waals surface area (Å²) in [7, 11) is 0. The predicted octanol–water partition coefficient (Wildman–Crippen LogP) is 4.76. The van der Waals surface area contributed by atoms with Crippen molar-refractivity contribution in [3.05, 3.63) is 28.7 Å². The summed E-state index contributed by atoms with van der Waals surface area (Å²) in [6, 6.07) is 7.93. The molecular formula is C17H24BrNO2. The Morgan fingerprint density at radius 3 is 2.57 bits per heavy atom. The quantitative estimate of drug-likeness (QED) is 0.775. The normalized spacial score (nSPS) is 25.4. The van der Waals surface area contributed by atoms with Crippen LogP contribution in [0.4, 0.5) is 5.69 Å². The number of anilines is 1. The van der Waals surface area contributed by atoms with Crippen LogP contribution in [-0.2, 0) is 9.53 Å².